The van der Waals surface area contributed by atoms with Crippen molar-refractivity contribution in [3.05, 3.63) is 41.3 Å². The smallest absolute Gasteiger partial charge is 0.242 e. The molecule has 0 atom stereocenters. The summed E-state index contributed by atoms with van der Waals surface area (Å²) in [7, 11) is 3.77. The van der Waals surface area contributed by atoms with Crippen LogP contribution in [-0.4, -0.2) is 73.3 Å². The van der Waals surface area contributed by atoms with Crippen LogP contribution in [0.15, 0.2) is 29.6 Å². The molecule has 9 nitrogen and oxygen atoms in total. The Balaban J connectivity index is 1.58. The zero-order chi connectivity index (χ0) is 23.4. The van der Waals surface area contributed by atoms with Crippen molar-refractivity contribution in [1.82, 2.24) is 34.4 Å². The number of aromatic amines is 1. The molecule has 0 aromatic carbocycles. The highest BCUT2D eigenvalue weighted by Crippen LogP contribution is 2.38. The minimum Gasteiger partial charge on any atom is -0.353 e. The fourth-order valence-electron chi connectivity index (χ4n) is 4.29. The summed E-state index contributed by atoms with van der Waals surface area (Å²) in [5.41, 5.74) is 8.28. The van der Waals surface area contributed by atoms with Crippen molar-refractivity contribution < 1.29 is 4.79 Å². The SMILES string of the molecule is Cc1c(-c2[nH]c3ccc(/N=C4/CN4C(=O)CN(C)C)nc3c2C(C)C)cn2ncnc2c1C. The van der Waals surface area contributed by atoms with Gasteiger partial charge in [-0.2, -0.15) is 5.10 Å². The molecule has 1 saturated heterocycles. The highest BCUT2D eigenvalue weighted by atomic mass is 16.2. The minimum atomic E-state index is 0.0565. The number of carbonyl (C=O) groups excluding carboxylic acids is 1. The maximum Gasteiger partial charge on any atom is 0.242 e. The van der Waals surface area contributed by atoms with Gasteiger partial charge < -0.3 is 9.88 Å². The van der Waals surface area contributed by atoms with E-state index in [1.54, 1.807) is 11.2 Å². The van der Waals surface area contributed by atoms with E-state index < -0.39 is 0 Å². The largest absolute Gasteiger partial charge is 0.353 e. The molecule has 1 aliphatic rings. The van der Waals surface area contributed by atoms with Crippen LogP contribution < -0.4 is 0 Å². The molecular formula is C24H28N8O. The van der Waals surface area contributed by atoms with Crippen molar-refractivity contribution in [2.75, 3.05) is 27.2 Å². The van der Waals surface area contributed by atoms with Gasteiger partial charge in [0.1, 0.15) is 12.2 Å². The maximum atomic E-state index is 12.2. The minimum absolute atomic E-state index is 0.0565. The van der Waals surface area contributed by atoms with Crippen LogP contribution >= 0.6 is 0 Å². The molecule has 33 heavy (non-hydrogen) atoms. The number of aliphatic imine (C=N–C) groups is 1. The summed E-state index contributed by atoms with van der Waals surface area (Å²) in [6, 6.07) is 3.91. The molecule has 0 aliphatic carbocycles. The number of rotatable bonds is 5. The van der Waals surface area contributed by atoms with Gasteiger partial charge in [0.15, 0.2) is 11.5 Å². The molecule has 0 spiro atoms. The monoisotopic (exact) mass is 444 g/mol. The standard InChI is InChI=1S/C24H28N8O/c1-13(2)21-22(16-9-32-24(25-12-26-32)15(4)14(16)3)27-17-7-8-18(29-23(17)21)28-19-10-31(19)20(33)11-30(5)6/h7-9,12-13,27H,10-11H2,1-6H3/b28-19-. The summed E-state index contributed by atoms with van der Waals surface area (Å²) < 4.78 is 1.82. The molecular weight excluding hydrogens is 416 g/mol. The fraction of sp³-hybridized carbons (Fsp3) is 0.375. The molecule has 9 heteroatoms. The first kappa shape index (κ1) is 21.3. The molecule has 5 heterocycles. The number of H-pyrrole nitrogens is 1. The summed E-state index contributed by atoms with van der Waals surface area (Å²) >= 11 is 0. The average molecular weight is 445 g/mol. The Labute approximate surface area is 192 Å². The summed E-state index contributed by atoms with van der Waals surface area (Å²) in [6.07, 6.45) is 3.61. The second-order valence-corrected chi connectivity index (χ2v) is 9.20. The zero-order valence-electron chi connectivity index (χ0n) is 19.8. The lowest BCUT2D eigenvalue weighted by Gasteiger charge is -2.13. The van der Waals surface area contributed by atoms with E-state index in [0.29, 0.717) is 18.9 Å². The van der Waals surface area contributed by atoms with Gasteiger partial charge in [-0.15, -0.1) is 0 Å². The maximum absolute atomic E-state index is 12.2. The van der Waals surface area contributed by atoms with Gasteiger partial charge in [0.2, 0.25) is 5.91 Å². The Kier molecular flexibility index (Phi) is 5.01. The Morgan fingerprint density at radius 1 is 1.24 bits per heavy atom. The van der Waals surface area contributed by atoms with Gasteiger partial charge in [0.05, 0.1) is 29.8 Å². The van der Waals surface area contributed by atoms with Crippen LogP contribution in [0.3, 0.4) is 0 Å². The number of nitrogens with one attached hydrogen (secondary N) is 1. The van der Waals surface area contributed by atoms with Crippen LogP contribution in [0.1, 0.15) is 36.5 Å². The lowest BCUT2D eigenvalue weighted by atomic mass is 9.95. The van der Waals surface area contributed by atoms with Gasteiger partial charge in [-0.25, -0.2) is 19.5 Å². The number of aromatic nitrogens is 5. The van der Waals surface area contributed by atoms with Crippen LogP contribution in [0.25, 0.3) is 27.9 Å². The van der Waals surface area contributed by atoms with E-state index >= 15 is 0 Å². The fourth-order valence-corrected chi connectivity index (χ4v) is 4.29. The van der Waals surface area contributed by atoms with Gasteiger partial charge in [-0.05, 0) is 57.1 Å². The molecule has 5 rings (SSSR count). The molecule has 0 bridgehead atoms. The van der Waals surface area contributed by atoms with Gasteiger partial charge in [0, 0.05) is 17.3 Å². The van der Waals surface area contributed by atoms with E-state index in [9.17, 15) is 4.79 Å². The van der Waals surface area contributed by atoms with E-state index in [0.717, 1.165) is 50.5 Å². The predicted molar refractivity (Wildman–Crippen MR) is 129 cm³/mol. The third-order valence-electron chi connectivity index (χ3n) is 6.14. The number of pyridine rings is 2. The molecule has 4 aromatic heterocycles. The van der Waals surface area contributed by atoms with Crippen molar-refractivity contribution in [3.8, 4) is 11.3 Å². The van der Waals surface area contributed by atoms with Crippen molar-refractivity contribution >= 4 is 34.2 Å². The van der Waals surface area contributed by atoms with Crippen molar-refractivity contribution in [2.45, 2.75) is 33.6 Å². The van der Waals surface area contributed by atoms with Crippen molar-refractivity contribution in [3.63, 3.8) is 0 Å². The third-order valence-corrected chi connectivity index (χ3v) is 6.14. The molecule has 0 saturated carbocycles. The molecule has 1 amide bonds. The van der Waals surface area contributed by atoms with Gasteiger partial charge in [-0.3, -0.25) is 9.69 Å². The van der Waals surface area contributed by atoms with Crippen molar-refractivity contribution in [1.29, 1.82) is 0 Å². The van der Waals surface area contributed by atoms with Crippen LogP contribution in [0.4, 0.5) is 5.82 Å². The predicted octanol–water partition coefficient (Wildman–Crippen LogP) is 3.45. The quantitative estimate of drug-likeness (QED) is 0.476. The number of fused-ring (bicyclic) bond motifs is 2. The molecule has 4 aromatic rings. The second kappa shape index (κ2) is 7.77. The Bertz CT molecular complexity index is 1430. The molecule has 1 aliphatic heterocycles. The topological polar surface area (TPSA) is 94.5 Å². The summed E-state index contributed by atoms with van der Waals surface area (Å²) in [5, 5.41) is 4.35. The van der Waals surface area contributed by atoms with Gasteiger partial charge in [0.25, 0.3) is 0 Å². The third kappa shape index (κ3) is 3.68. The van der Waals surface area contributed by atoms with Crippen LogP contribution in [0, 0.1) is 13.8 Å². The second-order valence-electron chi connectivity index (χ2n) is 9.20. The van der Waals surface area contributed by atoms with E-state index in [2.05, 4.69) is 47.8 Å². The highest BCUT2D eigenvalue weighted by molar-refractivity contribution is 6.13. The van der Waals surface area contributed by atoms with Crippen LogP contribution in [0.2, 0.25) is 0 Å². The highest BCUT2D eigenvalue weighted by Gasteiger charge is 2.34. The lowest BCUT2D eigenvalue weighted by Crippen LogP contribution is -2.27. The Hall–Kier alpha value is -3.59. The summed E-state index contributed by atoms with van der Waals surface area (Å²) in [4.78, 5) is 33.3. The first-order valence-corrected chi connectivity index (χ1v) is 11.1. The average Bonchev–Trinajstić information content (AvgIpc) is 3.18. The number of aryl methyl sites for hydroxylation is 1. The number of amides is 1. The van der Waals surface area contributed by atoms with Gasteiger partial charge in [-0.1, -0.05) is 13.8 Å². The number of hydrogen-bond acceptors (Lipinski definition) is 6. The molecule has 170 valence electrons. The normalized spacial score (nSPS) is 15.0. The first-order chi connectivity index (χ1) is 15.7. The van der Waals surface area contributed by atoms with Crippen LogP contribution in [0.5, 0.6) is 0 Å². The Morgan fingerprint density at radius 3 is 2.76 bits per heavy atom. The number of hydrogen-bond donors (Lipinski definition) is 1. The summed E-state index contributed by atoms with van der Waals surface area (Å²) in [5.74, 6) is 1.68. The molecule has 0 radical (unpaired) electrons. The van der Waals surface area contributed by atoms with Crippen LogP contribution in [-0.2, 0) is 4.79 Å². The molecule has 1 fully saturated rings. The molecule has 0 unspecified atom stereocenters. The first-order valence-electron chi connectivity index (χ1n) is 11.1. The van der Waals surface area contributed by atoms with E-state index in [4.69, 9.17) is 4.98 Å². The van der Waals surface area contributed by atoms with E-state index in [1.165, 1.54) is 0 Å². The van der Waals surface area contributed by atoms with E-state index in [-0.39, 0.29) is 11.8 Å². The van der Waals surface area contributed by atoms with Crippen molar-refractivity contribution in [2.24, 2.45) is 4.99 Å². The zero-order valence-corrected chi connectivity index (χ0v) is 19.8. The lowest BCUT2D eigenvalue weighted by molar-refractivity contribution is -0.125. The van der Waals surface area contributed by atoms with E-state index in [1.807, 2.05) is 41.8 Å². The number of likely N-dealkylation sites (N-methyl/N-ethyl adjacent to an activating group) is 1. The number of nitrogens with zero attached hydrogens (tertiary/aromatic N) is 7. The summed E-state index contributed by atoms with van der Waals surface area (Å²) in [6.45, 7) is 9.48. The Morgan fingerprint density at radius 2 is 2.03 bits per heavy atom. The molecule has 1 N–H and O–H groups in total. The van der Waals surface area contributed by atoms with Gasteiger partial charge >= 0.3 is 0 Å². The number of carbonyl (C=O) groups is 1. The number of amidine groups is 1.